The molecule has 4 rings (SSSR count). The topological polar surface area (TPSA) is 36.4 Å². The van der Waals surface area contributed by atoms with E-state index < -0.39 is 0 Å². The Balaban J connectivity index is 1.28. The fraction of sp³-hybridized carbons (Fsp3) is 0.444. The molecule has 1 aromatic carbocycles. The first-order valence-electron chi connectivity index (χ1n) is 8.34. The number of carbonyl (C=O) groups is 1. The SMILES string of the molecule is O=C([C@H]1C[C@@H]1c1ccc(F)cc1)N1CCN(Cc2cscn2)CC1. The van der Waals surface area contributed by atoms with Crippen molar-refractivity contribution in [2.24, 2.45) is 5.92 Å². The molecule has 2 atom stereocenters. The molecule has 24 heavy (non-hydrogen) atoms. The summed E-state index contributed by atoms with van der Waals surface area (Å²) < 4.78 is 13.0. The fourth-order valence-corrected chi connectivity index (χ4v) is 4.00. The lowest BCUT2D eigenvalue weighted by molar-refractivity contribution is -0.134. The molecule has 1 aliphatic heterocycles. The van der Waals surface area contributed by atoms with Gasteiger partial charge in [0.25, 0.3) is 0 Å². The molecular formula is C18H20FN3OS. The summed E-state index contributed by atoms with van der Waals surface area (Å²) in [6.07, 6.45) is 0.892. The maximum Gasteiger partial charge on any atom is 0.226 e. The molecule has 0 N–H and O–H groups in total. The Morgan fingerprint density at radius 2 is 1.96 bits per heavy atom. The first-order valence-corrected chi connectivity index (χ1v) is 9.28. The van der Waals surface area contributed by atoms with Crippen molar-refractivity contribution in [3.63, 3.8) is 0 Å². The predicted molar refractivity (Wildman–Crippen MR) is 91.2 cm³/mol. The molecule has 6 heteroatoms. The van der Waals surface area contributed by atoms with Crippen LogP contribution >= 0.6 is 11.3 Å². The summed E-state index contributed by atoms with van der Waals surface area (Å²) in [6.45, 7) is 4.24. The Hall–Kier alpha value is -1.79. The summed E-state index contributed by atoms with van der Waals surface area (Å²) in [4.78, 5) is 21.3. The molecule has 1 aromatic heterocycles. The number of nitrogens with zero attached hydrogens (tertiary/aromatic N) is 3. The van der Waals surface area contributed by atoms with Crippen molar-refractivity contribution >= 4 is 17.2 Å². The van der Waals surface area contributed by atoms with Crippen molar-refractivity contribution in [1.82, 2.24) is 14.8 Å². The highest BCUT2D eigenvalue weighted by Gasteiger charge is 2.46. The highest BCUT2D eigenvalue weighted by molar-refractivity contribution is 7.07. The molecule has 0 unspecified atom stereocenters. The van der Waals surface area contributed by atoms with E-state index >= 15 is 0 Å². The lowest BCUT2D eigenvalue weighted by Crippen LogP contribution is -2.48. The summed E-state index contributed by atoms with van der Waals surface area (Å²) >= 11 is 1.62. The maximum absolute atomic E-state index is 13.0. The first-order chi connectivity index (χ1) is 11.7. The third kappa shape index (κ3) is 3.35. The zero-order chi connectivity index (χ0) is 16.5. The van der Waals surface area contributed by atoms with Crippen LogP contribution in [0.4, 0.5) is 4.39 Å². The first kappa shape index (κ1) is 15.7. The summed E-state index contributed by atoms with van der Waals surface area (Å²) in [5.74, 6) is 0.392. The second-order valence-electron chi connectivity index (χ2n) is 6.58. The van der Waals surface area contributed by atoms with Crippen LogP contribution < -0.4 is 0 Å². The summed E-state index contributed by atoms with van der Waals surface area (Å²) in [6, 6.07) is 6.57. The van der Waals surface area contributed by atoms with Crippen LogP contribution in [0.25, 0.3) is 0 Å². The minimum absolute atomic E-state index is 0.0838. The minimum Gasteiger partial charge on any atom is -0.340 e. The highest BCUT2D eigenvalue weighted by Crippen LogP contribution is 2.48. The van der Waals surface area contributed by atoms with Crippen molar-refractivity contribution in [2.75, 3.05) is 26.2 Å². The number of amides is 1. The lowest BCUT2D eigenvalue weighted by atomic mass is 10.1. The summed E-state index contributed by atoms with van der Waals surface area (Å²) in [5, 5.41) is 2.08. The van der Waals surface area contributed by atoms with Crippen LogP contribution in [0.5, 0.6) is 0 Å². The average molecular weight is 345 g/mol. The minimum atomic E-state index is -0.224. The van der Waals surface area contributed by atoms with E-state index in [2.05, 4.69) is 15.3 Å². The zero-order valence-electron chi connectivity index (χ0n) is 13.4. The van der Waals surface area contributed by atoms with Crippen LogP contribution in [0.1, 0.15) is 23.6 Å². The third-order valence-electron chi connectivity index (χ3n) is 4.96. The molecule has 1 amide bonds. The fourth-order valence-electron chi connectivity index (χ4n) is 3.45. The van der Waals surface area contributed by atoms with Gasteiger partial charge in [-0.05, 0) is 30.0 Å². The van der Waals surface area contributed by atoms with Crippen molar-refractivity contribution in [2.45, 2.75) is 18.9 Å². The summed E-state index contributed by atoms with van der Waals surface area (Å²) in [5.41, 5.74) is 4.05. The van der Waals surface area contributed by atoms with Gasteiger partial charge in [0.15, 0.2) is 0 Å². The predicted octanol–water partition coefficient (Wildman–Crippen LogP) is 2.73. The van der Waals surface area contributed by atoms with E-state index in [-0.39, 0.29) is 23.6 Å². The van der Waals surface area contributed by atoms with E-state index in [1.807, 2.05) is 10.4 Å². The van der Waals surface area contributed by atoms with E-state index in [9.17, 15) is 9.18 Å². The van der Waals surface area contributed by atoms with Gasteiger partial charge in [-0.1, -0.05) is 12.1 Å². The van der Waals surface area contributed by atoms with Gasteiger partial charge in [0.2, 0.25) is 5.91 Å². The largest absolute Gasteiger partial charge is 0.340 e. The monoisotopic (exact) mass is 345 g/mol. The van der Waals surface area contributed by atoms with Crippen LogP contribution in [0, 0.1) is 11.7 Å². The van der Waals surface area contributed by atoms with E-state index in [4.69, 9.17) is 0 Å². The van der Waals surface area contributed by atoms with Crippen molar-refractivity contribution < 1.29 is 9.18 Å². The number of piperazine rings is 1. The molecule has 0 radical (unpaired) electrons. The van der Waals surface area contributed by atoms with Gasteiger partial charge in [-0.2, -0.15) is 0 Å². The average Bonchev–Trinajstić information content (AvgIpc) is 3.24. The Morgan fingerprint density at radius 1 is 1.21 bits per heavy atom. The van der Waals surface area contributed by atoms with E-state index in [1.165, 1.54) is 12.1 Å². The summed E-state index contributed by atoms with van der Waals surface area (Å²) in [7, 11) is 0. The molecule has 2 heterocycles. The molecule has 4 nitrogen and oxygen atoms in total. The number of halogens is 1. The second-order valence-corrected chi connectivity index (χ2v) is 7.30. The number of hydrogen-bond donors (Lipinski definition) is 0. The number of carbonyl (C=O) groups excluding carboxylic acids is 1. The Morgan fingerprint density at radius 3 is 2.62 bits per heavy atom. The van der Waals surface area contributed by atoms with Crippen molar-refractivity contribution in [3.8, 4) is 0 Å². The molecule has 126 valence electrons. The molecule has 1 saturated heterocycles. The third-order valence-corrected chi connectivity index (χ3v) is 5.59. The van der Waals surface area contributed by atoms with Gasteiger partial charge in [0.1, 0.15) is 5.82 Å². The number of aromatic nitrogens is 1. The molecule has 2 fully saturated rings. The van der Waals surface area contributed by atoms with Gasteiger partial charge in [0.05, 0.1) is 11.2 Å². The van der Waals surface area contributed by atoms with Crippen LogP contribution in [0.15, 0.2) is 35.2 Å². The van der Waals surface area contributed by atoms with Gasteiger partial charge in [-0.3, -0.25) is 9.69 Å². The Kier molecular flexibility index (Phi) is 4.33. The smallest absolute Gasteiger partial charge is 0.226 e. The lowest BCUT2D eigenvalue weighted by Gasteiger charge is -2.34. The zero-order valence-corrected chi connectivity index (χ0v) is 14.2. The van der Waals surface area contributed by atoms with Gasteiger partial charge in [-0.15, -0.1) is 11.3 Å². The van der Waals surface area contributed by atoms with E-state index in [0.29, 0.717) is 0 Å². The van der Waals surface area contributed by atoms with Crippen LogP contribution in [0.2, 0.25) is 0 Å². The van der Waals surface area contributed by atoms with Crippen LogP contribution in [-0.4, -0.2) is 46.9 Å². The van der Waals surface area contributed by atoms with Crippen LogP contribution in [-0.2, 0) is 11.3 Å². The number of rotatable bonds is 4. The molecule has 1 saturated carbocycles. The number of benzene rings is 1. The number of thiazole rings is 1. The molecule has 2 aromatic rings. The van der Waals surface area contributed by atoms with Gasteiger partial charge < -0.3 is 4.90 Å². The maximum atomic E-state index is 13.0. The molecule has 0 bridgehead atoms. The molecular weight excluding hydrogens is 325 g/mol. The standard InChI is InChI=1S/C18H20FN3OS/c19-14-3-1-13(2-4-14)16-9-17(16)18(23)22-7-5-21(6-8-22)10-15-11-24-12-20-15/h1-4,11-12,16-17H,5-10H2/t16-,17+/m1/s1. The Bertz CT molecular complexity index is 696. The van der Waals surface area contributed by atoms with Crippen molar-refractivity contribution in [1.29, 1.82) is 0 Å². The van der Waals surface area contributed by atoms with Crippen molar-refractivity contribution in [3.05, 3.63) is 52.2 Å². The van der Waals surface area contributed by atoms with E-state index in [1.54, 1.807) is 23.5 Å². The van der Waals surface area contributed by atoms with Gasteiger partial charge in [-0.25, -0.2) is 9.37 Å². The highest BCUT2D eigenvalue weighted by atomic mass is 32.1. The van der Waals surface area contributed by atoms with Gasteiger partial charge in [0, 0.05) is 44.0 Å². The molecule has 0 spiro atoms. The Labute approximate surface area is 144 Å². The van der Waals surface area contributed by atoms with E-state index in [0.717, 1.165) is 50.4 Å². The second kappa shape index (κ2) is 6.61. The van der Waals surface area contributed by atoms with Crippen LogP contribution in [0.3, 0.4) is 0 Å². The quantitative estimate of drug-likeness (QED) is 0.855. The molecule has 2 aliphatic rings. The number of hydrogen-bond acceptors (Lipinski definition) is 4. The van der Waals surface area contributed by atoms with Gasteiger partial charge >= 0.3 is 0 Å². The molecule has 1 aliphatic carbocycles. The normalized spacial score (nSPS) is 24.1.